The van der Waals surface area contributed by atoms with Gasteiger partial charge in [-0.1, -0.05) is 24.3 Å². The molecule has 2 aliphatic rings. The second-order valence-corrected chi connectivity index (χ2v) is 10.4. The SMILES string of the molecule is O=C1CN(S(=O)(=O)c2cccc(C(=O)NCCCN3CCN(c4ccccc4)CC3)c2)CCN1. The van der Waals surface area contributed by atoms with E-state index in [1.165, 1.54) is 17.8 Å². The minimum atomic E-state index is -3.83. The van der Waals surface area contributed by atoms with Crippen molar-refractivity contribution in [2.45, 2.75) is 11.3 Å². The standard InChI is InChI=1S/C24H31N5O4S/c30-23-19-29(13-11-25-23)34(32,33)22-9-4-6-20(18-22)24(31)26-10-5-12-27-14-16-28(17-15-27)21-7-2-1-3-8-21/h1-4,6-9,18H,5,10-17,19H2,(H,25,30)(H,26,31). The van der Waals surface area contributed by atoms with Crippen LogP contribution in [0.25, 0.3) is 0 Å². The van der Waals surface area contributed by atoms with Gasteiger partial charge in [0.2, 0.25) is 15.9 Å². The number of hydrogen-bond acceptors (Lipinski definition) is 6. The first-order valence-corrected chi connectivity index (χ1v) is 13.0. The Morgan fingerprint density at radius 1 is 0.971 bits per heavy atom. The number of hydrogen-bond donors (Lipinski definition) is 2. The molecule has 34 heavy (non-hydrogen) atoms. The Bertz CT molecular complexity index is 1100. The van der Waals surface area contributed by atoms with Crippen LogP contribution in [-0.4, -0.2) is 88.3 Å². The average molecular weight is 486 g/mol. The molecule has 4 rings (SSSR count). The molecule has 182 valence electrons. The Kier molecular flexibility index (Phi) is 7.81. The van der Waals surface area contributed by atoms with Crippen molar-refractivity contribution in [3.63, 3.8) is 0 Å². The van der Waals surface area contributed by atoms with Crippen molar-refractivity contribution >= 4 is 27.5 Å². The third-order valence-corrected chi connectivity index (χ3v) is 8.01. The fourth-order valence-electron chi connectivity index (χ4n) is 4.24. The highest BCUT2D eigenvalue weighted by atomic mass is 32.2. The second kappa shape index (κ2) is 11.0. The maximum Gasteiger partial charge on any atom is 0.251 e. The van der Waals surface area contributed by atoms with Gasteiger partial charge in [0.05, 0.1) is 11.4 Å². The summed E-state index contributed by atoms with van der Waals surface area (Å²) in [5.74, 6) is -0.632. The number of sulfonamides is 1. The van der Waals surface area contributed by atoms with E-state index in [0.717, 1.165) is 43.4 Å². The number of piperazine rings is 2. The van der Waals surface area contributed by atoms with E-state index in [2.05, 4.69) is 44.7 Å². The van der Waals surface area contributed by atoms with Crippen LogP contribution >= 0.6 is 0 Å². The summed E-state index contributed by atoms with van der Waals surface area (Å²) >= 11 is 0. The molecule has 2 aromatic rings. The number of carbonyl (C=O) groups is 2. The fourth-order valence-corrected chi connectivity index (χ4v) is 5.69. The van der Waals surface area contributed by atoms with Crippen molar-refractivity contribution in [2.24, 2.45) is 0 Å². The topological polar surface area (TPSA) is 102 Å². The van der Waals surface area contributed by atoms with E-state index in [4.69, 9.17) is 0 Å². The number of anilines is 1. The lowest BCUT2D eigenvalue weighted by Crippen LogP contribution is -2.49. The summed E-state index contributed by atoms with van der Waals surface area (Å²) in [4.78, 5) is 29.0. The van der Waals surface area contributed by atoms with Crippen LogP contribution in [0.4, 0.5) is 5.69 Å². The van der Waals surface area contributed by atoms with Crippen molar-refractivity contribution < 1.29 is 18.0 Å². The van der Waals surface area contributed by atoms with Gasteiger partial charge in [0, 0.05) is 57.1 Å². The van der Waals surface area contributed by atoms with Crippen molar-refractivity contribution in [3.8, 4) is 0 Å². The smallest absolute Gasteiger partial charge is 0.251 e. The number of amides is 2. The molecule has 0 radical (unpaired) electrons. The summed E-state index contributed by atoms with van der Waals surface area (Å²) < 4.78 is 26.9. The highest BCUT2D eigenvalue weighted by Gasteiger charge is 2.29. The van der Waals surface area contributed by atoms with E-state index in [1.807, 2.05) is 6.07 Å². The van der Waals surface area contributed by atoms with Crippen molar-refractivity contribution in [2.75, 3.05) is 63.8 Å². The zero-order valence-corrected chi connectivity index (χ0v) is 20.0. The maximum absolute atomic E-state index is 12.9. The van der Waals surface area contributed by atoms with Gasteiger partial charge >= 0.3 is 0 Å². The summed E-state index contributed by atoms with van der Waals surface area (Å²) in [6.45, 7) is 5.62. The zero-order valence-electron chi connectivity index (χ0n) is 19.2. The van der Waals surface area contributed by atoms with Crippen LogP contribution in [0.15, 0.2) is 59.5 Å². The molecule has 10 heteroatoms. The predicted octanol–water partition coefficient (Wildman–Crippen LogP) is 0.749. The first-order valence-electron chi connectivity index (χ1n) is 11.6. The van der Waals surface area contributed by atoms with E-state index in [-0.39, 0.29) is 36.3 Å². The molecule has 0 bridgehead atoms. The molecule has 9 nitrogen and oxygen atoms in total. The number of carbonyl (C=O) groups excluding carboxylic acids is 2. The van der Waals surface area contributed by atoms with Crippen LogP contribution < -0.4 is 15.5 Å². The Morgan fingerprint density at radius 3 is 2.47 bits per heavy atom. The van der Waals surface area contributed by atoms with Gasteiger partial charge in [0.25, 0.3) is 5.91 Å². The Labute approximate surface area is 200 Å². The van der Waals surface area contributed by atoms with Gasteiger partial charge in [-0.15, -0.1) is 0 Å². The molecular weight excluding hydrogens is 454 g/mol. The number of rotatable bonds is 8. The normalized spacial score (nSPS) is 17.9. The molecule has 0 aliphatic carbocycles. The summed E-state index contributed by atoms with van der Waals surface area (Å²) in [5.41, 5.74) is 1.54. The molecule has 2 heterocycles. The van der Waals surface area contributed by atoms with Gasteiger partial charge in [0.1, 0.15) is 0 Å². The van der Waals surface area contributed by atoms with Crippen molar-refractivity contribution in [3.05, 3.63) is 60.2 Å². The Hall–Kier alpha value is -2.95. The summed E-state index contributed by atoms with van der Waals surface area (Å²) in [6, 6.07) is 16.4. The molecule has 0 atom stereocenters. The first-order chi connectivity index (χ1) is 16.4. The first kappa shape index (κ1) is 24.2. The van der Waals surface area contributed by atoms with Crippen LogP contribution in [0.1, 0.15) is 16.8 Å². The molecule has 2 aliphatic heterocycles. The highest BCUT2D eigenvalue weighted by molar-refractivity contribution is 7.89. The third-order valence-electron chi connectivity index (χ3n) is 6.17. The van der Waals surface area contributed by atoms with Crippen molar-refractivity contribution in [1.82, 2.24) is 19.8 Å². The summed E-state index contributed by atoms with van der Waals surface area (Å²) in [5, 5.41) is 5.50. The second-order valence-electron chi connectivity index (χ2n) is 8.49. The Morgan fingerprint density at radius 2 is 1.74 bits per heavy atom. The minimum absolute atomic E-state index is 0.0196. The molecule has 2 fully saturated rings. The van der Waals surface area contributed by atoms with Gasteiger partial charge in [-0.2, -0.15) is 4.31 Å². The molecule has 0 spiro atoms. The molecule has 0 unspecified atom stereocenters. The van der Waals surface area contributed by atoms with Gasteiger partial charge in [-0.05, 0) is 43.3 Å². The maximum atomic E-state index is 12.9. The number of nitrogens with one attached hydrogen (secondary N) is 2. The summed E-state index contributed by atoms with van der Waals surface area (Å²) in [6.07, 6.45) is 0.817. The zero-order chi connectivity index (χ0) is 24.0. The summed E-state index contributed by atoms with van der Waals surface area (Å²) in [7, 11) is -3.83. The van der Waals surface area contributed by atoms with Gasteiger partial charge in [0.15, 0.2) is 0 Å². The van der Waals surface area contributed by atoms with Gasteiger partial charge in [-0.3, -0.25) is 14.5 Å². The van der Waals surface area contributed by atoms with Crippen LogP contribution in [0.3, 0.4) is 0 Å². The van der Waals surface area contributed by atoms with Crippen molar-refractivity contribution in [1.29, 1.82) is 0 Å². The van der Waals surface area contributed by atoms with Crippen LogP contribution in [0, 0.1) is 0 Å². The lowest BCUT2D eigenvalue weighted by atomic mass is 10.2. The van der Waals surface area contributed by atoms with E-state index in [1.54, 1.807) is 12.1 Å². The molecule has 2 saturated heterocycles. The highest BCUT2D eigenvalue weighted by Crippen LogP contribution is 2.18. The van der Waals surface area contributed by atoms with Gasteiger partial charge in [-0.25, -0.2) is 8.42 Å². The third kappa shape index (κ3) is 5.94. The molecular formula is C24H31N5O4S. The number of nitrogens with zero attached hydrogens (tertiary/aromatic N) is 3. The average Bonchev–Trinajstić information content (AvgIpc) is 2.87. The van der Waals surface area contributed by atoms with E-state index >= 15 is 0 Å². The minimum Gasteiger partial charge on any atom is -0.369 e. The van der Waals surface area contributed by atoms with Gasteiger partial charge < -0.3 is 15.5 Å². The number of benzene rings is 2. The molecule has 2 aromatic carbocycles. The molecule has 2 N–H and O–H groups in total. The van der Waals surface area contributed by atoms with Crippen LogP contribution in [-0.2, 0) is 14.8 Å². The Balaban J connectivity index is 1.23. The van der Waals surface area contributed by atoms with Crippen LogP contribution in [0.5, 0.6) is 0 Å². The fraction of sp³-hybridized carbons (Fsp3) is 0.417. The largest absolute Gasteiger partial charge is 0.369 e. The predicted molar refractivity (Wildman–Crippen MR) is 130 cm³/mol. The van der Waals surface area contributed by atoms with E-state index < -0.39 is 10.0 Å². The molecule has 2 amide bonds. The van der Waals surface area contributed by atoms with E-state index in [0.29, 0.717) is 12.1 Å². The van der Waals surface area contributed by atoms with Crippen LogP contribution in [0.2, 0.25) is 0 Å². The number of para-hydroxylation sites is 1. The molecule has 0 aromatic heterocycles. The quantitative estimate of drug-likeness (QED) is 0.535. The lowest BCUT2D eigenvalue weighted by Gasteiger charge is -2.36. The molecule has 0 saturated carbocycles. The van der Waals surface area contributed by atoms with E-state index in [9.17, 15) is 18.0 Å². The lowest BCUT2D eigenvalue weighted by molar-refractivity contribution is -0.122. The monoisotopic (exact) mass is 485 g/mol.